The molecule has 1 heterocycles. The molecule has 0 aliphatic carbocycles. The van der Waals surface area contributed by atoms with E-state index in [0.717, 1.165) is 15.4 Å². The number of carbonyl (C=O) groups is 1. The number of carbonyl (C=O) groups excluding carboxylic acids is 1. The number of nitrogens with zero attached hydrogens (tertiary/aromatic N) is 1. The fourth-order valence-electron chi connectivity index (χ4n) is 2.04. The average molecular weight is 342 g/mol. The molecule has 0 radical (unpaired) electrons. The third kappa shape index (κ3) is 2.95. The molecule has 3 nitrogen and oxygen atoms in total. The van der Waals surface area contributed by atoms with Crippen LogP contribution < -0.4 is 4.74 Å². The summed E-state index contributed by atoms with van der Waals surface area (Å²) in [6.45, 7) is 1.54. The maximum Gasteiger partial charge on any atom is 0.159 e. The second-order valence-electron chi connectivity index (χ2n) is 4.66. The Morgan fingerprint density at radius 3 is 2.76 bits per heavy atom. The largest absolute Gasteiger partial charge is 0.456 e. The van der Waals surface area contributed by atoms with Gasteiger partial charge in [-0.25, -0.2) is 0 Å². The molecule has 0 N–H and O–H groups in total. The average Bonchev–Trinajstić information content (AvgIpc) is 2.49. The van der Waals surface area contributed by atoms with Gasteiger partial charge in [0.2, 0.25) is 0 Å². The Labute approximate surface area is 130 Å². The molecule has 0 aliphatic heterocycles. The molecule has 0 amide bonds. The molecule has 1 aromatic heterocycles. The highest BCUT2D eigenvalue weighted by molar-refractivity contribution is 9.10. The Morgan fingerprint density at radius 2 is 2.00 bits per heavy atom. The molecule has 21 heavy (non-hydrogen) atoms. The molecule has 0 unspecified atom stereocenters. The molecule has 0 fully saturated rings. The summed E-state index contributed by atoms with van der Waals surface area (Å²) in [5.74, 6) is 1.39. The molecule has 104 valence electrons. The summed E-state index contributed by atoms with van der Waals surface area (Å²) >= 11 is 3.43. The van der Waals surface area contributed by atoms with Crippen molar-refractivity contribution in [2.24, 2.45) is 0 Å². The highest BCUT2D eigenvalue weighted by Crippen LogP contribution is 2.31. The molecule has 2 aromatic carbocycles. The van der Waals surface area contributed by atoms with Gasteiger partial charge in [0.25, 0.3) is 0 Å². The Balaban J connectivity index is 1.93. The van der Waals surface area contributed by atoms with Crippen molar-refractivity contribution in [2.75, 3.05) is 0 Å². The zero-order valence-electron chi connectivity index (χ0n) is 11.3. The SMILES string of the molecule is CC(=O)c1ccc(Oc2ccc3cccnc3c2)c(Br)c1. The van der Waals surface area contributed by atoms with Crippen LogP contribution in [0.5, 0.6) is 11.5 Å². The summed E-state index contributed by atoms with van der Waals surface area (Å²) in [7, 11) is 0. The van der Waals surface area contributed by atoms with E-state index in [9.17, 15) is 4.79 Å². The van der Waals surface area contributed by atoms with E-state index in [4.69, 9.17) is 4.74 Å². The first-order valence-corrected chi connectivity index (χ1v) is 7.26. The smallest absolute Gasteiger partial charge is 0.159 e. The van der Waals surface area contributed by atoms with Gasteiger partial charge in [0.1, 0.15) is 11.5 Å². The monoisotopic (exact) mass is 341 g/mol. The summed E-state index contributed by atoms with van der Waals surface area (Å²) in [4.78, 5) is 15.7. The number of rotatable bonds is 3. The van der Waals surface area contributed by atoms with Crippen LogP contribution in [-0.4, -0.2) is 10.8 Å². The highest BCUT2D eigenvalue weighted by atomic mass is 79.9. The van der Waals surface area contributed by atoms with Gasteiger partial charge in [-0.3, -0.25) is 9.78 Å². The lowest BCUT2D eigenvalue weighted by molar-refractivity contribution is 0.101. The summed E-state index contributed by atoms with van der Waals surface area (Å²) in [6, 6.07) is 15.0. The minimum Gasteiger partial charge on any atom is -0.456 e. The first-order valence-electron chi connectivity index (χ1n) is 6.46. The number of Topliss-reactive ketones (excluding diaryl/α,β-unsaturated/α-hetero) is 1. The van der Waals surface area contributed by atoms with Crippen LogP contribution in [0.4, 0.5) is 0 Å². The lowest BCUT2D eigenvalue weighted by Gasteiger charge is -2.09. The molecule has 0 spiro atoms. The fourth-order valence-corrected chi connectivity index (χ4v) is 2.50. The molecule has 0 aliphatic rings. The van der Waals surface area contributed by atoms with Gasteiger partial charge >= 0.3 is 0 Å². The van der Waals surface area contributed by atoms with E-state index in [-0.39, 0.29) is 5.78 Å². The van der Waals surface area contributed by atoms with Crippen molar-refractivity contribution >= 4 is 32.6 Å². The number of hydrogen-bond acceptors (Lipinski definition) is 3. The summed E-state index contributed by atoms with van der Waals surface area (Å²) in [5.41, 5.74) is 1.53. The van der Waals surface area contributed by atoms with Gasteiger partial charge in [-0.1, -0.05) is 6.07 Å². The molecule has 0 atom stereocenters. The Morgan fingerprint density at radius 1 is 1.14 bits per heavy atom. The van der Waals surface area contributed by atoms with Crippen LogP contribution in [0, 0.1) is 0 Å². The van der Waals surface area contributed by atoms with Gasteiger partial charge in [0.05, 0.1) is 9.99 Å². The Bertz CT molecular complexity index is 830. The second kappa shape index (κ2) is 5.66. The lowest BCUT2D eigenvalue weighted by Crippen LogP contribution is -1.93. The minimum absolute atomic E-state index is 0.0251. The van der Waals surface area contributed by atoms with Gasteiger partial charge in [0.15, 0.2) is 5.78 Å². The van der Waals surface area contributed by atoms with Crippen molar-refractivity contribution in [2.45, 2.75) is 6.92 Å². The van der Waals surface area contributed by atoms with Crippen molar-refractivity contribution in [1.29, 1.82) is 0 Å². The standard InChI is InChI=1S/C17H12BrNO2/c1-11(20)13-5-7-17(15(18)9-13)21-14-6-4-12-3-2-8-19-16(12)10-14/h2-10H,1H3. The van der Waals surface area contributed by atoms with Crippen molar-refractivity contribution in [3.8, 4) is 11.5 Å². The summed E-state index contributed by atoms with van der Waals surface area (Å²) in [5, 5.41) is 1.07. The van der Waals surface area contributed by atoms with Crippen molar-refractivity contribution < 1.29 is 9.53 Å². The van der Waals surface area contributed by atoms with Gasteiger partial charge in [0, 0.05) is 23.2 Å². The highest BCUT2D eigenvalue weighted by Gasteiger charge is 2.07. The lowest BCUT2D eigenvalue weighted by atomic mass is 10.1. The number of hydrogen-bond donors (Lipinski definition) is 0. The second-order valence-corrected chi connectivity index (χ2v) is 5.52. The molecule has 0 bridgehead atoms. The van der Waals surface area contributed by atoms with Crippen LogP contribution in [-0.2, 0) is 0 Å². The van der Waals surface area contributed by atoms with E-state index in [2.05, 4.69) is 20.9 Å². The van der Waals surface area contributed by atoms with E-state index >= 15 is 0 Å². The molecule has 3 rings (SSSR count). The number of ether oxygens (including phenoxy) is 1. The number of fused-ring (bicyclic) bond motifs is 1. The van der Waals surface area contributed by atoms with Gasteiger partial charge in [-0.05, 0) is 59.3 Å². The number of ketones is 1. The number of aromatic nitrogens is 1. The molecule has 0 saturated heterocycles. The third-order valence-electron chi connectivity index (χ3n) is 3.14. The Kier molecular flexibility index (Phi) is 3.71. The van der Waals surface area contributed by atoms with Gasteiger partial charge in [-0.2, -0.15) is 0 Å². The topological polar surface area (TPSA) is 39.2 Å². The molecule has 3 aromatic rings. The zero-order valence-corrected chi connectivity index (χ0v) is 12.9. The number of halogens is 1. The normalized spacial score (nSPS) is 10.6. The fraction of sp³-hybridized carbons (Fsp3) is 0.0588. The van der Waals surface area contributed by atoms with Crippen molar-refractivity contribution in [1.82, 2.24) is 4.98 Å². The van der Waals surface area contributed by atoms with E-state index in [1.807, 2.05) is 30.3 Å². The van der Waals surface area contributed by atoms with Gasteiger partial charge in [-0.15, -0.1) is 0 Å². The van der Waals surface area contributed by atoms with E-state index in [1.165, 1.54) is 6.92 Å². The van der Waals surface area contributed by atoms with Crippen molar-refractivity contribution in [3.63, 3.8) is 0 Å². The van der Waals surface area contributed by atoms with Crippen LogP contribution in [0.15, 0.2) is 59.2 Å². The number of benzene rings is 2. The zero-order chi connectivity index (χ0) is 14.8. The van der Waals surface area contributed by atoms with Crippen LogP contribution in [0.25, 0.3) is 10.9 Å². The third-order valence-corrected chi connectivity index (χ3v) is 3.76. The van der Waals surface area contributed by atoms with Crippen LogP contribution in [0.2, 0.25) is 0 Å². The predicted octanol–water partition coefficient (Wildman–Crippen LogP) is 4.99. The maximum absolute atomic E-state index is 11.3. The molecular weight excluding hydrogens is 330 g/mol. The molecule has 4 heteroatoms. The first kappa shape index (κ1) is 13.8. The summed E-state index contributed by atoms with van der Waals surface area (Å²) in [6.07, 6.45) is 1.75. The maximum atomic E-state index is 11.3. The van der Waals surface area contributed by atoms with E-state index in [0.29, 0.717) is 17.1 Å². The Hall–Kier alpha value is -2.20. The van der Waals surface area contributed by atoms with Crippen LogP contribution >= 0.6 is 15.9 Å². The van der Waals surface area contributed by atoms with Crippen LogP contribution in [0.3, 0.4) is 0 Å². The predicted molar refractivity (Wildman–Crippen MR) is 86.0 cm³/mol. The van der Waals surface area contributed by atoms with E-state index in [1.54, 1.807) is 24.4 Å². The van der Waals surface area contributed by atoms with Gasteiger partial charge < -0.3 is 4.74 Å². The van der Waals surface area contributed by atoms with Crippen LogP contribution in [0.1, 0.15) is 17.3 Å². The molecule has 0 saturated carbocycles. The summed E-state index contributed by atoms with van der Waals surface area (Å²) < 4.78 is 6.60. The first-order chi connectivity index (χ1) is 10.1. The van der Waals surface area contributed by atoms with Crippen molar-refractivity contribution in [3.05, 3.63) is 64.8 Å². The molecular formula is C17H12BrNO2. The quantitative estimate of drug-likeness (QED) is 0.630. The van der Waals surface area contributed by atoms with E-state index < -0.39 is 0 Å². The number of pyridine rings is 1. The minimum atomic E-state index is 0.0251.